The Balaban J connectivity index is 0.000000345. The van der Waals surface area contributed by atoms with Gasteiger partial charge < -0.3 is 24.4 Å². The molecule has 3 saturated carbocycles. The number of carbonyl (C=O) groups excluding carboxylic acids is 2. The van der Waals surface area contributed by atoms with Crippen LogP contribution in [-0.2, 0) is 18.6 Å². The molecule has 8 atom stereocenters. The third kappa shape index (κ3) is 4.78. The Bertz CT molecular complexity index is 887. The molecule has 9 heteroatoms. The largest absolute Gasteiger partial charge is 0.390 e. The first-order valence-electron chi connectivity index (χ1n) is 13.0. The van der Waals surface area contributed by atoms with Crippen molar-refractivity contribution in [2.45, 2.75) is 72.1 Å². The Morgan fingerprint density at radius 2 is 1.83 bits per heavy atom. The minimum Gasteiger partial charge on any atom is -0.390 e. The number of fused-ring (bicyclic) bond motifs is 5. The van der Waals surface area contributed by atoms with E-state index in [4.69, 9.17) is 14.2 Å². The number of rotatable bonds is 7. The van der Waals surface area contributed by atoms with Gasteiger partial charge in [-0.05, 0) is 75.9 Å². The van der Waals surface area contributed by atoms with Crippen molar-refractivity contribution >= 4 is 19.9 Å². The lowest BCUT2D eigenvalue weighted by atomic mass is 9.45. The second kappa shape index (κ2) is 11.4. The van der Waals surface area contributed by atoms with Gasteiger partial charge >= 0.3 is 0 Å². The van der Waals surface area contributed by atoms with Crippen molar-refractivity contribution in [3.05, 3.63) is 23.8 Å². The zero-order valence-corrected chi connectivity index (χ0v) is 23.0. The summed E-state index contributed by atoms with van der Waals surface area (Å²) >= 11 is 0. The maximum atomic E-state index is 16.8. The van der Waals surface area contributed by atoms with E-state index < -0.39 is 37.6 Å². The van der Waals surface area contributed by atoms with Gasteiger partial charge in [-0.15, -0.1) is 0 Å². The van der Waals surface area contributed by atoms with Crippen LogP contribution in [0.2, 0.25) is 0 Å². The van der Waals surface area contributed by atoms with Crippen LogP contribution in [0.3, 0.4) is 0 Å². The molecule has 7 nitrogen and oxygen atoms in total. The van der Waals surface area contributed by atoms with Crippen molar-refractivity contribution < 1.29 is 38.3 Å². The van der Waals surface area contributed by atoms with E-state index in [-0.39, 0.29) is 48.0 Å². The van der Waals surface area contributed by atoms with E-state index >= 15 is 4.39 Å². The van der Waals surface area contributed by atoms with Crippen molar-refractivity contribution in [3.63, 3.8) is 0 Å². The molecule has 0 heterocycles. The molecule has 4 rings (SSSR count). The third-order valence-electron chi connectivity index (χ3n) is 9.15. The van der Waals surface area contributed by atoms with Gasteiger partial charge in [-0.3, -0.25) is 9.59 Å². The minimum absolute atomic E-state index is 0.00296. The average molecular weight is 529 g/mol. The molecular formula is C27H42FO7P. The van der Waals surface area contributed by atoms with Gasteiger partial charge in [-0.2, -0.15) is 0 Å². The maximum Gasteiger partial charge on any atom is 0.197 e. The highest BCUT2D eigenvalue weighted by atomic mass is 31.2. The second-order valence-electron chi connectivity index (χ2n) is 11.0. The van der Waals surface area contributed by atoms with Crippen LogP contribution < -0.4 is 0 Å². The molecule has 4 aliphatic carbocycles. The summed E-state index contributed by atoms with van der Waals surface area (Å²) in [4.78, 5) is 24.3. The predicted octanol–water partition coefficient (Wildman–Crippen LogP) is 4.10. The lowest BCUT2D eigenvalue weighted by molar-refractivity contribution is -0.195. The van der Waals surface area contributed by atoms with Gasteiger partial charge in [0, 0.05) is 17.3 Å². The summed E-state index contributed by atoms with van der Waals surface area (Å²) < 4.78 is 26.9. The number of aliphatic hydroxyl groups is 3. The van der Waals surface area contributed by atoms with E-state index in [1.165, 1.54) is 12.2 Å². The zero-order chi connectivity index (χ0) is 26.9. The molecule has 0 aromatic rings. The summed E-state index contributed by atoms with van der Waals surface area (Å²) in [6.45, 7) is 10.3. The van der Waals surface area contributed by atoms with Gasteiger partial charge in [-0.25, -0.2) is 4.39 Å². The molecule has 0 saturated heterocycles. The van der Waals surface area contributed by atoms with Crippen LogP contribution in [0, 0.1) is 34.5 Å². The Kier molecular flexibility index (Phi) is 9.34. The molecule has 0 radical (unpaired) electrons. The van der Waals surface area contributed by atoms with E-state index in [9.17, 15) is 19.8 Å². The van der Waals surface area contributed by atoms with Crippen LogP contribution in [0.5, 0.6) is 0 Å². The summed E-state index contributed by atoms with van der Waals surface area (Å²) in [5, 5.41) is 29.1. The fraction of sp³-hybridized carbons (Fsp3) is 0.778. The topological polar surface area (TPSA) is 113 Å². The number of hydrogen-bond acceptors (Lipinski definition) is 7. The molecule has 3 fully saturated rings. The van der Waals surface area contributed by atoms with Crippen LogP contribution in [0.1, 0.15) is 60.3 Å². The van der Waals surface area contributed by atoms with Gasteiger partial charge in [0.05, 0.1) is 19.3 Å². The Morgan fingerprint density at radius 1 is 1.19 bits per heavy atom. The molecule has 0 aliphatic heterocycles. The fourth-order valence-corrected chi connectivity index (χ4v) is 8.58. The summed E-state index contributed by atoms with van der Waals surface area (Å²) in [5.41, 5.74) is -2.59. The molecule has 0 amide bonds. The second-order valence-corrected chi connectivity index (χ2v) is 12.4. The zero-order valence-electron chi connectivity index (χ0n) is 22.1. The van der Waals surface area contributed by atoms with E-state index in [0.29, 0.717) is 26.1 Å². The first kappa shape index (κ1) is 29.5. The van der Waals surface area contributed by atoms with Gasteiger partial charge in [0.15, 0.2) is 25.6 Å². The van der Waals surface area contributed by atoms with Gasteiger partial charge in [0.25, 0.3) is 0 Å². The van der Waals surface area contributed by atoms with Gasteiger partial charge in [0.2, 0.25) is 0 Å². The smallest absolute Gasteiger partial charge is 0.197 e. The number of hydrogen-bond donors (Lipinski definition) is 3. The first-order chi connectivity index (χ1) is 16.9. The number of carbonyl (C=O) groups is 2. The van der Waals surface area contributed by atoms with E-state index in [0.717, 1.165) is 12.0 Å². The van der Waals surface area contributed by atoms with E-state index in [1.807, 2.05) is 27.7 Å². The van der Waals surface area contributed by atoms with Crippen molar-refractivity contribution in [1.29, 1.82) is 0 Å². The number of aliphatic hydroxyl groups excluding tert-OH is 3. The van der Waals surface area contributed by atoms with Crippen LogP contribution >= 0.6 is 8.38 Å². The molecule has 0 bridgehead atoms. The Hall–Kier alpha value is -1.02. The van der Waals surface area contributed by atoms with Crippen molar-refractivity contribution in [2.75, 3.05) is 26.2 Å². The number of ketones is 2. The lowest BCUT2D eigenvalue weighted by Crippen LogP contribution is -2.66. The molecular weight excluding hydrogens is 486 g/mol. The number of halogens is 1. The van der Waals surface area contributed by atoms with E-state index in [1.54, 1.807) is 13.0 Å². The summed E-state index contributed by atoms with van der Waals surface area (Å²) in [6, 6.07) is 0. The number of allylic oxidation sites excluding steroid dienone is 4. The Morgan fingerprint density at radius 3 is 2.39 bits per heavy atom. The highest BCUT2D eigenvalue weighted by molar-refractivity contribution is 7.46. The highest BCUT2D eigenvalue weighted by Gasteiger charge is 2.71. The van der Waals surface area contributed by atoms with Crippen molar-refractivity contribution in [3.8, 4) is 0 Å². The highest BCUT2D eigenvalue weighted by Crippen LogP contribution is 2.69. The maximum absolute atomic E-state index is 16.8. The number of Topliss-reactive ketones (excluding diaryl/α,β-unsaturated/α-hetero) is 1. The molecule has 204 valence electrons. The molecule has 0 spiro atoms. The van der Waals surface area contributed by atoms with Crippen LogP contribution in [0.15, 0.2) is 23.8 Å². The standard InChI is InChI=1S/C22H29FO4.C5H13O3P/c1-12-8-16-15-5-4-13-9-14(25)6-7-21(13,3)22(15,23)18(27)10-20(16,2)19(12)17(26)11-24;1-3-7-9(5-6)8-4-2/h6-7,9,12,15-16,18-19,24,27H,4-5,8,10-11H2,1-3H3;6H,3-5H2,1-2H3/t12-,15?,16+,18?,19?,20?,21?,22+;/m1./s1. The van der Waals surface area contributed by atoms with Crippen LogP contribution in [0.25, 0.3) is 0 Å². The fourth-order valence-electron chi connectivity index (χ4n) is 7.77. The van der Waals surface area contributed by atoms with E-state index in [2.05, 4.69) is 0 Å². The average Bonchev–Trinajstić information content (AvgIpc) is 3.10. The SMILES string of the molecule is CCOP(CO)OCC.C[C@@H]1C[C@H]2C3CCC4=CC(=O)C=CC4(C)[C@@]3(F)C(O)CC2(C)C1C(=O)CO. The number of alkyl halides is 1. The summed E-state index contributed by atoms with van der Waals surface area (Å²) in [5.74, 6) is -1.00. The molecule has 36 heavy (non-hydrogen) atoms. The molecule has 0 aromatic heterocycles. The third-order valence-corrected chi connectivity index (χ3v) is 10.5. The molecule has 5 unspecified atom stereocenters. The van der Waals surface area contributed by atoms with Crippen molar-refractivity contribution in [1.82, 2.24) is 0 Å². The summed E-state index contributed by atoms with van der Waals surface area (Å²) in [7, 11) is -1.00. The minimum atomic E-state index is -1.85. The van der Waals surface area contributed by atoms with Gasteiger partial charge in [-0.1, -0.05) is 25.5 Å². The summed E-state index contributed by atoms with van der Waals surface area (Å²) in [6.07, 6.45) is 5.53. The lowest BCUT2D eigenvalue weighted by Gasteiger charge is -2.62. The molecule has 4 aliphatic rings. The molecule has 0 aromatic carbocycles. The Labute approximate surface area is 215 Å². The quantitative estimate of drug-likeness (QED) is 0.427. The van der Waals surface area contributed by atoms with Crippen LogP contribution in [-0.4, -0.2) is 64.8 Å². The predicted molar refractivity (Wildman–Crippen MR) is 136 cm³/mol. The van der Waals surface area contributed by atoms with Crippen molar-refractivity contribution in [2.24, 2.45) is 34.5 Å². The normalized spacial score (nSPS) is 41.1. The first-order valence-corrected chi connectivity index (χ1v) is 14.4. The monoisotopic (exact) mass is 528 g/mol. The molecule has 3 N–H and O–H groups in total. The van der Waals surface area contributed by atoms with Crippen LogP contribution in [0.4, 0.5) is 4.39 Å². The van der Waals surface area contributed by atoms with Gasteiger partial charge in [0.1, 0.15) is 13.0 Å².